The highest BCUT2D eigenvalue weighted by Gasteiger charge is 2.09. The van der Waals surface area contributed by atoms with E-state index < -0.39 is 0 Å². The smallest absolute Gasteiger partial charge is 0.224 e. The van der Waals surface area contributed by atoms with Crippen LogP contribution in [0.5, 0.6) is 0 Å². The summed E-state index contributed by atoms with van der Waals surface area (Å²) in [7, 11) is 2.04. The number of hydrogen-bond acceptors (Lipinski definition) is 1. The summed E-state index contributed by atoms with van der Waals surface area (Å²) in [6.45, 7) is 0. The Balaban J connectivity index is 1.39. The Morgan fingerprint density at radius 1 is 0.852 bits per heavy atom. The van der Waals surface area contributed by atoms with Crippen LogP contribution in [0.1, 0.15) is 12.0 Å². The predicted octanol–water partition coefficient (Wildman–Crippen LogP) is 5.42. The second kappa shape index (κ2) is 7.50. The van der Waals surface area contributed by atoms with Crippen molar-refractivity contribution in [3.05, 3.63) is 90.6 Å². The summed E-state index contributed by atoms with van der Waals surface area (Å²) in [5, 5.41) is 4.22. The number of aryl methyl sites for hydroxylation is 2. The van der Waals surface area contributed by atoms with Crippen LogP contribution in [0.4, 0.5) is 5.69 Å². The van der Waals surface area contributed by atoms with Gasteiger partial charge in [-0.1, -0.05) is 60.7 Å². The fourth-order valence-corrected chi connectivity index (χ4v) is 3.47. The van der Waals surface area contributed by atoms with Crippen molar-refractivity contribution in [2.45, 2.75) is 12.8 Å². The van der Waals surface area contributed by atoms with Crippen LogP contribution in [0.2, 0.25) is 0 Å². The van der Waals surface area contributed by atoms with Gasteiger partial charge in [0.25, 0.3) is 0 Å². The molecule has 1 amide bonds. The van der Waals surface area contributed by atoms with E-state index in [4.69, 9.17) is 0 Å². The van der Waals surface area contributed by atoms with Gasteiger partial charge in [-0.3, -0.25) is 4.79 Å². The summed E-state index contributed by atoms with van der Waals surface area (Å²) >= 11 is 0. The molecule has 0 unspecified atom stereocenters. The Hall–Kier alpha value is -3.33. The first-order chi connectivity index (χ1) is 13.2. The molecule has 0 saturated heterocycles. The van der Waals surface area contributed by atoms with Gasteiger partial charge in [0, 0.05) is 36.3 Å². The summed E-state index contributed by atoms with van der Waals surface area (Å²) in [6.07, 6.45) is 3.32. The highest BCUT2D eigenvalue weighted by Crippen LogP contribution is 2.23. The van der Waals surface area contributed by atoms with E-state index in [0.717, 1.165) is 17.7 Å². The highest BCUT2D eigenvalue weighted by atomic mass is 16.1. The van der Waals surface area contributed by atoms with E-state index in [2.05, 4.69) is 40.3 Å². The topological polar surface area (TPSA) is 34.0 Å². The van der Waals surface area contributed by atoms with Gasteiger partial charge in [0.15, 0.2) is 0 Å². The molecule has 1 aromatic heterocycles. The van der Waals surface area contributed by atoms with Crippen LogP contribution in [0.25, 0.3) is 22.0 Å². The highest BCUT2D eigenvalue weighted by molar-refractivity contribution is 5.92. The van der Waals surface area contributed by atoms with E-state index >= 15 is 0 Å². The SMILES string of the molecule is Cn1cc(CCC(=O)Nc2ccc(-c3ccccc3)cc2)c2ccccc21. The molecule has 27 heavy (non-hydrogen) atoms. The van der Waals surface area contributed by atoms with Crippen molar-refractivity contribution in [1.29, 1.82) is 0 Å². The molecular weight excluding hydrogens is 332 g/mol. The zero-order valence-electron chi connectivity index (χ0n) is 15.4. The maximum atomic E-state index is 12.4. The van der Waals surface area contributed by atoms with Crippen LogP contribution < -0.4 is 5.32 Å². The lowest BCUT2D eigenvalue weighted by atomic mass is 10.1. The largest absolute Gasteiger partial charge is 0.350 e. The Kier molecular flexibility index (Phi) is 4.75. The van der Waals surface area contributed by atoms with Crippen LogP contribution >= 0.6 is 0 Å². The average Bonchev–Trinajstić information content (AvgIpc) is 3.04. The third-order valence-electron chi connectivity index (χ3n) is 4.88. The number of carbonyl (C=O) groups is 1. The minimum absolute atomic E-state index is 0.0374. The first kappa shape index (κ1) is 17.1. The second-order valence-electron chi connectivity index (χ2n) is 6.77. The number of nitrogens with one attached hydrogen (secondary N) is 1. The number of nitrogens with zero attached hydrogens (tertiary/aromatic N) is 1. The van der Waals surface area contributed by atoms with Gasteiger partial charge >= 0.3 is 0 Å². The van der Waals surface area contributed by atoms with Gasteiger partial charge in [0.05, 0.1) is 0 Å². The maximum Gasteiger partial charge on any atom is 0.224 e. The van der Waals surface area contributed by atoms with Gasteiger partial charge in [-0.25, -0.2) is 0 Å². The Labute approximate surface area is 159 Å². The first-order valence-electron chi connectivity index (χ1n) is 9.19. The quantitative estimate of drug-likeness (QED) is 0.510. The van der Waals surface area contributed by atoms with E-state index in [0.29, 0.717) is 6.42 Å². The lowest BCUT2D eigenvalue weighted by Crippen LogP contribution is -2.12. The molecule has 0 atom stereocenters. The zero-order chi connectivity index (χ0) is 18.6. The summed E-state index contributed by atoms with van der Waals surface area (Å²) in [5.74, 6) is 0.0374. The van der Waals surface area contributed by atoms with Gasteiger partial charge in [-0.05, 0) is 41.3 Å². The normalized spacial score (nSPS) is 10.9. The molecule has 1 heterocycles. The van der Waals surface area contributed by atoms with E-state index in [-0.39, 0.29) is 5.91 Å². The standard InChI is InChI=1S/C24H22N2O/c1-26-17-20(22-9-5-6-10-23(22)26)13-16-24(27)25-21-14-11-19(12-15-21)18-7-3-2-4-8-18/h2-12,14-15,17H,13,16H2,1H3,(H,25,27). The van der Waals surface area contributed by atoms with Crippen LogP contribution in [0, 0.1) is 0 Å². The Bertz CT molecular complexity index is 1060. The molecule has 4 rings (SSSR count). The molecule has 4 aromatic rings. The molecule has 0 aliphatic carbocycles. The molecule has 3 aromatic carbocycles. The lowest BCUT2D eigenvalue weighted by molar-refractivity contribution is -0.116. The van der Waals surface area contributed by atoms with Crippen molar-refractivity contribution >= 4 is 22.5 Å². The number of aromatic nitrogens is 1. The minimum Gasteiger partial charge on any atom is -0.350 e. The first-order valence-corrected chi connectivity index (χ1v) is 9.19. The molecule has 1 N–H and O–H groups in total. The number of rotatable bonds is 5. The van der Waals surface area contributed by atoms with Gasteiger partial charge in [-0.15, -0.1) is 0 Å². The number of fused-ring (bicyclic) bond motifs is 1. The van der Waals surface area contributed by atoms with Gasteiger partial charge in [0.1, 0.15) is 0 Å². The second-order valence-corrected chi connectivity index (χ2v) is 6.77. The molecule has 3 nitrogen and oxygen atoms in total. The third kappa shape index (κ3) is 3.77. The van der Waals surface area contributed by atoms with Gasteiger partial charge in [-0.2, -0.15) is 0 Å². The molecule has 0 saturated carbocycles. The minimum atomic E-state index is 0.0374. The summed E-state index contributed by atoms with van der Waals surface area (Å²) < 4.78 is 2.12. The van der Waals surface area contributed by atoms with Crippen LogP contribution in [0.3, 0.4) is 0 Å². The van der Waals surface area contributed by atoms with E-state index in [1.807, 2.05) is 61.6 Å². The van der Waals surface area contributed by atoms with Crippen molar-refractivity contribution in [3.8, 4) is 11.1 Å². The number of amides is 1. The number of para-hydroxylation sites is 1. The maximum absolute atomic E-state index is 12.4. The number of anilines is 1. The number of carbonyl (C=O) groups excluding carboxylic acids is 1. The van der Waals surface area contributed by atoms with Gasteiger partial charge < -0.3 is 9.88 Å². The van der Waals surface area contributed by atoms with Crippen LogP contribution in [-0.2, 0) is 18.3 Å². The predicted molar refractivity (Wildman–Crippen MR) is 112 cm³/mol. The van der Waals surface area contributed by atoms with Crippen molar-refractivity contribution in [1.82, 2.24) is 4.57 Å². The summed E-state index contributed by atoms with van der Waals surface area (Å²) in [5.41, 5.74) is 5.56. The molecule has 3 heteroatoms. The lowest BCUT2D eigenvalue weighted by Gasteiger charge is -2.07. The zero-order valence-corrected chi connectivity index (χ0v) is 15.4. The molecule has 0 aliphatic rings. The van der Waals surface area contributed by atoms with Crippen LogP contribution in [-0.4, -0.2) is 10.5 Å². The number of benzene rings is 3. The van der Waals surface area contributed by atoms with Crippen molar-refractivity contribution < 1.29 is 4.79 Å². The molecule has 0 radical (unpaired) electrons. The van der Waals surface area contributed by atoms with E-state index in [1.54, 1.807) is 0 Å². The molecule has 0 fully saturated rings. The Morgan fingerprint density at radius 2 is 1.52 bits per heavy atom. The third-order valence-corrected chi connectivity index (χ3v) is 4.88. The summed E-state index contributed by atoms with van der Waals surface area (Å²) in [4.78, 5) is 12.4. The van der Waals surface area contributed by atoms with Crippen molar-refractivity contribution in [3.63, 3.8) is 0 Å². The fraction of sp³-hybridized carbons (Fsp3) is 0.125. The monoisotopic (exact) mass is 354 g/mol. The molecule has 0 bridgehead atoms. The molecule has 0 spiro atoms. The van der Waals surface area contributed by atoms with Crippen LogP contribution in [0.15, 0.2) is 85.1 Å². The Morgan fingerprint density at radius 3 is 2.30 bits per heavy atom. The average molecular weight is 354 g/mol. The molecule has 0 aliphatic heterocycles. The van der Waals surface area contributed by atoms with E-state index in [9.17, 15) is 4.79 Å². The van der Waals surface area contributed by atoms with E-state index in [1.165, 1.54) is 22.0 Å². The summed E-state index contributed by atoms with van der Waals surface area (Å²) in [6, 6.07) is 26.5. The van der Waals surface area contributed by atoms with Crippen molar-refractivity contribution in [2.24, 2.45) is 7.05 Å². The number of hydrogen-bond donors (Lipinski definition) is 1. The van der Waals surface area contributed by atoms with Gasteiger partial charge in [0.2, 0.25) is 5.91 Å². The van der Waals surface area contributed by atoms with Crippen molar-refractivity contribution in [2.75, 3.05) is 5.32 Å². The molecular formula is C24H22N2O. The molecule has 134 valence electrons. The fourth-order valence-electron chi connectivity index (χ4n) is 3.47.